The van der Waals surface area contributed by atoms with Gasteiger partial charge in [-0.25, -0.2) is 9.97 Å². The van der Waals surface area contributed by atoms with Gasteiger partial charge in [-0.3, -0.25) is 9.78 Å². The van der Waals surface area contributed by atoms with E-state index in [0.717, 1.165) is 24.9 Å². The van der Waals surface area contributed by atoms with E-state index in [0.29, 0.717) is 35.5 Å². The first-order chi connectivity index (χ1) is 13.1. The van der Waals surface area contributed by atoms with Gasteiger partial charge in [0.2, 0.25) is 17.7 Å². The molecule has 3 aromatic rings. The highest BCUT2D eigenvalue weighted by Gasteiger charge is 2.28. The van der Waals surface area contributed by atoms with E-state index in [1.807, 2.05) is 19.1 Å². The maximum Gasteiger partial charge on any atom is 0.231 e. The van der Waals surface area contributed by atoms with Crippen molar-refractivity contribution in [2.45, 2.75) is 32.6 Å². The number of aryl methyl sites for hydroxylation is 1. The molecule has 138 valence electrons. The van der Waals surface area contributed by atoms with Crippen molar-refractivity contribution in [2.75, 3.05) is 18.0 Å². The smallest absolute Gasteiger partial charge is 0.231 e. The Balaban J connectivity index is 1.53. The van der Waals surface area contributed by atoms with E-state index in [2.05, 4.69) is 30.0 Å². The fraction of sp³-hybridized carbons (Fsp3) is 0.368. The second-order valence-corrected chi connectivity index (χ2v) is 6.71. The molecule has 1 atom stereocenters. The second-order valence-electron chi connectivity index (χ2n) is 6.71. The number of anilines is 1. The molecule has 1 unspecified atom stereocenters. The van der Waals surface area contributed by atoms with Crippen molar-refractivity contribution in [2.24, 2.45) is 0 Å². The first-order valence-electron chi connectivity index (χ1n) is 8.95. The predicted octanol–water partition coefficient (Wildman–Crippen LogP) is 2.82. The molecule has 1 aliphatic rings. The Bertz CT molecular complexity index is 956. The largest absolute Gasteiger partial charge is 0.340 e. The quantitative estimate of drug-likeness (QED) is 0.652. The molecule has 0 aliphatic carbocycles. The Labute approximate surface area is 156 Å². The molecule has 0 N–H and O–H groups in total. The van der Waals surface area contributed by atoms with Crippen LogP contribution in [0, 0.1) is 6.92 Å². The number of carbonyl (C=O) groups excluding carboxylic acids is 1. The number of rotatable bonds is 4. The monoisotopic (exact) mass is 364 g/mol. The summed E-state index contributed by atoms with van der Waals surface area (Å²) in [6, 6.07) is 3.75. The number of carbonyl (C=O) groups is 1. The normalized spacial score (nSPS) is 17.1. The van der Waals surface area contributed by atoms with Gasteiger partial charge in [-0.05, 0) is 38.8 Å². The van der Waals surface area contributed by atoms with Crippen LogP contribution in [-0.4, -0.2) is 44.0 Å². The van der Waals surface area contributed by atoms with E-state index in [1.165, 1.54) is 6.92 Å². The molecule has 0 radical (unpaired) electrons. The van der Waals surface area contributed by atoms with Crippen molar-refractivity contribution in [1.82, 2.24) is 25.1 Å². The molecule has 0 bridgehead atoms. The SMILES string of the molecule is CC(=O)c1cnc(N2CCCC(c3nc(-c4cccnc4)no3)C2)nc1C. The minimum atomic E-state index is -0.0237. The van der Waals surface area contributed by atoms with E-state index in [4.69, 9.17) is 4.52 Å². The summed E-state index contributed by atoms with van der Waals surface area (Å²) in [4.78, 5) is 31.2. The van der Waals surface area contributed by atoms with Crippen LogP contribution in [0.25, 0.3) is 11.4 Å². The summed E-state index contributed by atoms with van der Waals surface area (Å²) in [5.41, 5.74) is 2.09. The molecule has 4 rings (SSSR count). The maximum absolute atomic E-state index is 11.6. The van der Waals surface area contributed by atoms with Gasteiger partial charge in [0.1, 0.15) is 0 Å². The van der Waals surface area contributed by atoms with Crippen molar-refractivity contribution >= 4 is 11.7 Å². The van der Waals surface area contributed by atoms with Crippen LogP contribution in [-0.2, 0) is 0 Å². The van der Waals surface area contributed by atoms with E-state index >= 15 is 0 Å². The van der Waals surface area contributed by atoms with Gasteiger partial charge in [-0.1, -0.05) is 5.16 Å². The van der Waals surface area contributed by atoms with Crippen molar-refractivity contribution in [1.29, 1.82) is 0 Å². The number of hydrogen-bond acceptors (Lipinski definition) is 8. The zero-order chi connectivity index (χ0) is 18.8. The lowest BCUT2D eigenvalue weighted by Gasteiger charge is -2.31. The van der Waals surface area contributed by atoms with Crippen molar-refractivity contribution in [3.05, 3.63) is 47.9 Å². The molecule has 1 aliphatic heterocycles. The number of nitrogens with zero attached hydrogens (tertiary/aromatic N) is 6. The molecule has 8 nitrogen and oxygen atoms in total. The number of piperidine rings is 1. The van der Waals surface area contributed by atoms with Crippen LogP contribution in [0.3, 0.4) is 0 Å². The Morgan fingerprint density at radius 1 is 1.30 bits per heavy atom. The molecule has 4 heterocycles. The zero-order valence-electron chi connectivity index (χ0n) is 15.3. The fourth-order valence-electron chi connectivity index (χ4n) is 3.33. The minimum absolute atomic E-state index is 0.0237. The first kappa shape index (κ1) is 17.3. The average Bonchev–Trinajstić information content (AvgIpc) is 3.19. The number of aromatic nitrogens is 5. The highest BCUT2D eigenvalue weighted by molar-refractivity contribution is 5.94. The number of hydrogen-bond donors (Lipinski definition) is 0. The molecule has 0 spiro atoms. The molecule has 1 saturated heterocycles. The topological polar surface area (TPSA) is 97.9 Å². The first-order valence-corrected chi connectivity index (χ1v) is 8.95. The lowest BCUT2D eigenvalue weighted by atomic mass is 9.98. The van der Waals surface area contributed by atoms with Crippen LogP contribution >= 0.6 is 0 Å². The number of Topliss-reactive ketones (excluding diaryl/α,β-unsaturated/α-hetero) is 1. The third-order valence-corrected chi connectivity index (χ3v) is 4.76. The number of pyridine rings is 1. The van der Waals surface area contributed by atoms with Gasteiger partial charge in [-0.2, -0.15) is 4.98 Å². The second kappa shape index (κ2) is 7.22. The average molecular weight is 364 g/mol. The molecule has 3 aromatic heterocycles. The van der Waals surface area contributed by atoms with E-state index in [9.17, 15) is 4.79 Å². The molecule has 27 heavy (non-hydrogen) atoms. The molecule has 0 aromatic carbocycles. The van der Waals surface area contributed by atoms with Crippen LogP contribution in [0.15, 0.2) is 35.2 Å². The van der Waals surface area contributed by atoms with Gasteiger partial charge in [-0.15, -0.1) is 0 Å². The molecular formula is C19H20N6O2. The Morgan fingerprint density at radius 2 is 2.19 bits per heavy atom. The van der Waals surface area contributed by atoms with Crippen LogP contribution in [0.5, 0.6) is 0 Å². The van der Waals surface area contributed by atoms with Crippen LogP contribution < -0.4 is 4.90 Å². The van der Waals surface area contributed by atoms with Crippen molar-refractivity contribution in [3.63, 3.8) is 0 Å². The minimum Gasteiger partial charge on any atom is -0.340 e. The van der Waals surface area contributed by atoms with Crippen molar-refractivity contribution in [3.8, 4) is 11.4 Å². The lowest BCUT2D eigenvalue weighted by molar-refractivity contribution is 0.101. The molecular weight excluding hydrogens is 344 g/mol. The summed E-state index contributed by atoms with van der Waals surface area (Å²) in [5.74, 6) is 1.90. The third-order valence-electron chi connectivity index (χ3n) is 4.76. The van der Waals surface area contributed by atoms with Crippen LogP contribution in [0.1, 0.15) is 47.6 Å². The number of ketones is 1. The van der Waals surface area contributed by atoms with E-state index < -0.39 is 0 Å². The molecule has 0 amide bonds. The standard InChI is InChI=1S/C19H20N6O2/c1-12-16(13(2)26)10-21-19(22-12)25-8-4-6-15(11-25)18-23-17(24-27-18)14-5-3-7-20-9-14/h3,5,7,9-10,15H,4,6,8,11H2,1-2H3. The highest BCUT2D eigenvalue weighted by Crippen LogP contribution is 2.29. The Morgan fingerprint density at radius 3 is 2.93 bits per heavy atom. The molecule has 0 saturated carbocycles. The Kier molecular flexibility index (Phi) is 4.62. The molecule has 1 fully saturated rings. The summed E-state index contributed by atoms with van der Waals surface area (Å²) in [7, 11) is 0. The van der Waals surface area contributed by atoms with Gasteiger partial charge in [0.25, 0.3) is 0 Å². The van der Waals surface area contributed by atoms with E-state index in [1.54, 1.807) is 18.6 Å². The summed E-state index contributed by atoms with van der Waals surface area (Å²) in [5, 5.41) is 4.09. The summed E-state index contributed by atoms with van der Waals surface area (Å²) in [6.07, 6.45) is 6.98. The summed E-state index contributed by atoms with van der Waals surface area (Å²) < 4.78 is 5.52. The predicted molar refractivity (Wildman–Crippen MR) is 98.5 cm³/mol. The zero-order valence-corrected chi connectivity index (χ0v) is 15.3. The highest BCUT2D eigenvalue weighted by atomic mass is 16.5. The summed E-state index contributed by atoms with van der Waals surface area (Å²) >= 11 is 0. The van der Waals surface area contributed by atoms with Gasteiger partial charge in [0, 0.05) is 37.2 Å². The van der Waals surface area contributed by atoms with Gasteiger partial charge < -0.3 is 9.42 Å². The lowest BCUT2D eigenvalue weighted by Crippen LogP contribution is -2.36. The van der Waals surface area contributed by atoms with Gasteiger partial charge >= 0.3 is 0 Å². The maximum atomic E-state index is 11.6. The van der Waals surface area contributed by atoms with Gasteiger partial charge in [0.15, 0.2) is 5.78 Å². The summed E-state index contributed by atoms with van der Waals surface area (Å²) in [6.45, 7) is 4.92. The molecule has 8 heteroatoms. The Hall–Kier alpha value is -3.16. The van der Waals surface area contributed by atoms with Gasteiger partial charge in [0.05, 0.1) is 17.2 Å². The van der Waals surface area contributed by atoms with Crippen LogP contribution in [0.4, 0.5) is 5.95 Å². The fourth-order valence-corrected chi connectivity index (χ4v) is 3.33. The third kappa shape index (κ3) is 3.55. The van der Waals surface area contributed by atoms with E-state index in [-0.39, 0.29) is 11.7 Å². The van der Waals surface area contributed by atoms with Crippen molar-refractivity contribution < 1.29 is 9.32 Å². The van der Waals surface area contributed by atoms with Crippen LogP contribution in [0.2, 0.25) is 0 Å².